The van der Waals surface area contributed by atoms with Crippen molar-refractivity contribution in [3.05, 3.63) is 0 Å². The minimum atomic E-state index is -3.77. The molecule has 0 bridgehead atoms. The lowest BCUT2D eigenvalue weighted by Crippen LogP contribution is -1.94. The second kappa shape index (κ2) is 16.6. The Bertz CT molecular complexity index is 282. The fraction of sp³-hybridized carbons (Fsp3) is 1.00. The maximum absolute atomic E-state index is 11.0. The van der Waals surface area contributed by atoms with Crippen LogP contribution in [0, 0.1) is 0 Å². The van der Waals surface area contributed by atoms with Gasteiger partial charge in [-0.05, 0) is 25.7 Å². The summed E-state index contributed by atoms with van der Waals surface area (Å²) in [4.78, 5) is 9.03. The van der Waals surface area contributed by atoms with Gasteiger partial charge in [0.15, 0.2) is 0 Å². The standard InChI is InChI=1S/C14H31O5PS2/c1-17-11-7-3-5-9-13-21-22-14-10-6-4-8-12-19-20(15,16)18-2/h3-14H2,1-2H3,(H,15,16). The molecule has 0 radical (unpaired) electrons. The molecule has 0 saturated carbocycles. The molecule has 1 N–H and O–H groups in total. The van der Waals surface area contributed by atoms with Crippen LogP contribution in [0.25, 0.3) is 0 Å². The monoisotopic (exact) mass is 374 g/mol. The summed E-state index contributed by atoms with van der Waals surface area (Å²) in [5.74, 6) is 2.40. The second-order valence-electron chi connectivity index (χ2n) is 4.95. The van der Waals surface area contributed by atoms with Gasteiger partial charge in [0.05, 0.1) is 6.61 Å². The quantitative estimate of drug-likeness (QED) is 0.221. The number of hydrogen-bond acceptors (Lipinski definition) is 6. The Morgan fingerprint density at radius 3 is 1.82 bits per heavy atom. The molecule has 1 atom stereocenters. The first-order valence-electron chi connectivity index (χ1n) is 7.89. The Hall–Kier alpha value is 0.770. The predicted molar refractivity (Wildman–Crippen MR) is 96.5 cm³/mol. The molecule has 1 unspecified atom stereocenters. The average Bonchev–Trinajstić information content (AvgIpc) is 2.51. The van der Waals surface area contributed by atoms with E-state index in [0.29, 0.717) is 0 Å². The van der Waals surface area contributed by atoms with Crippen molar-refractivity contribution in [2.24, 2.45) is 0 Å². The van der Waals surface area contributed by atoms with Crippen LogP contribution in [-0.2, 0) is 18.3 Å². The van der Waals surface area contributed by atoms with Crippen molar-refractivity contribution in [1.82, 2.24) is 0 Å². The third kappa shape index (κ3) is 17.1. The van der Waals surface area contributed by atoms with Gasteiger partial charge in [0, 0.05) is 32.3 Å². The molecule has 0 aromatic heterocycles. The summed E-state index contributed by atoms with van der Waals surface area (Å²) >= 11 is 0. The minimum absolute atomic E-state index is 0.284. The lowest BCUT2D eigenvalue weighted by molar-refractivity contribution is 0.170. The highest BCUT2D eigenvalue weighted by atomic mass is 33.1. The van der Waals surface area contributed by atoms with E-state index in [9.17, 15) is 4.57 Å². The molecule has 134 valence electrons. The Balaban J connectivity index is 3.07. The Morgan fingerprint density at radius 2 is 1.32 bits per heavy atom. The van der Waals surface area contributed by atoms with Crippen LogP contribution in [0.2, 0.25) is 0 Å². The molecule has 0 aliphatic heterocycles. The van der Waals surface area contributed by atoms with Crippen molar-refractivity contribution in [3.63, 3.8) is 0 Å². The summed E-state index contributed by atoms with van der Waals surface area (Å²) in [5.41, 5.74) is 0. The molecular formula is C14H31O5PS2. The van der Waals surface area contributed by atoms with Crippen LogP contribution in [0.15, 0.2) is 0 Å². The smallest absolute Gasteiger partial charge is 0.385 e. The van der Waals surface area contributed by atoms with E-state index in [2.05, 4.69) is 4.52 Å². The zero-order chi connectivity index (χ0) is 16.5. The molecule has 0 heterocycles. The number of hydrogen-bond donors (Lipinski definition) is 1. The minimum Gasteiger partial charge on any atom is -0.385 e. The van der Waals surface area contributed by atoms with E-state index in [1.165, 1.54) is 50.7 Å². The molecule has 0 spiro atoms. The van der Waals surface area contributed by atoms with Crippen LogP contribution in [0.5, 0.6) is 0 Å². The van der Waals surface area contributed by atoms with Gasteiger partial charge in [0.25, 0.3) is 0 Å². The van der Waals surface area contributed by atoms with Crippen LogP contribution < -0.4 is 0 Å². The summed E-state index contributed by atoms with van der Waals surface area (Å²) in [6.07, 6.45) is 9.18. The van der Waals surface area contributed by atoms with Gasteiger partial charge in [-0.25, -0.2) is 4.57 Å². The lowest BCUT2D eigenvalue weighted by Gasteiger charge is -2.08. The van der Waals surface area contributed by atoms with E-state index in [0.717, 1.165) is 25.9 Å². The van der Waals surface area contributed by atoms with Crippen LogP contribution in [0.4, 0.5) is 0 Å². The first kappa shape index (κ1) is 22.8. The number of ether oxygens (including phenoxy) is 1. The number of methoxy groups -OCH3 is 1. The number of rotatable bonds is 17. The molecule has 8 heteroatoms. The van der Waals surface area contributed by atoms with Gasteiger partial charge in [-0.1, -0.05) is 47.3 Å². The van der Waals surface area contributed by atoms with Gasteiger partial charge in [-0.2, -0.15) is 0 Å². The highest BCUT2D eigenvalue weighted by Crippen LogP contribution is 2.41. The molecule has 0 saturated heterocycles. The lowest BCUT2D eigenvalue weighted by atomic mass is 10.2. The predicted octanol–water partition coefficient (Wildman–Crippen LogP) is 4.90. The van der Waals surface area contributed by atoms with Crippen molar-refractivity contribution < 1.29 is 23.2 Å². The van der Waals surface area contributed by atoms with Gasteiger partial charge < -0.3 is 9.63 Å². The van der Waals surface area contributed by atoms with Gasteiger partial charge in [-0.15, -0.1) is 0 Å². The molecule has 22 heavy (non-hydrogen) atoms. The molecule has 0 aliphatic carbocycles. The first-order chi connectivity index (χ1) is 10.6. The van der Waals surface area contributed by atoms with E-state index in [-0.39, 0.29) is 6.61 Å². The number of phosphoric acid groups is 1. The topological polar surface area (TPSA) is 65.0 Å². The van der Waals surface area contributed by atoms with Crippen LogP contribution in [0.3, 0.4) is 0 Å². The van der Waals surface area contributed by atoms with E-state index in [1.807, 2.05) is 21.6 Å². The molecule has 0 aromatic rings. The molecule has 0 aromatic carbocycles. The average molecular weight is 375 g/mol. The first-order valence-corrected chi connectivity index (χ1v) is 11.9. The molecule has 0 rings (SSSR count). The van der Waals surface area contributed by atoms with E-state index >= 15 is 0 Å². The molecule has 0 amide bonds. The van der Waals surface area contributed by atoms with Crippen molar-refractivity contribution in [3.8, 4) is 0 Å². The zero-order valence-corrected chi connectivity index (χ0v) is 16.4. The fourth-order valence-corrected chi connectivity index (χ4v) is 4.49. The second-order valence-corrected chi connectivity index (χ2v) is 9.21. The normalized spacial score (nSPS) is 14.1. The third-order valence-electron chi connectivity index (χ3n) is 3.02. The van der Waals surface area contributed by atoms with Gasteiger partial charge in [0.1, 0.15) is 0 Å². The van der Waals surface area contributed by atoms with Crippen molar-refractivity contribution in [1.29, 1.82) is 0 Å². The van der Waals surface area contributed by atoms with E-state index in [4.69, 9.17) is 14.2 Å². The number of unbranched alkanes of at least 4 members (excludes halogenated alkanes) is 6. The summed E-state index contributed by atoms with van der Waals surface area (Å²) < 4.78 is 25.1. The third-order valence-corrected chi connectivity index (χ3v) is 6.56. The van der Waals surface area contributed by atoms with E-state index in [1.54, 1.807) is 7.11 Å². The van der Waals surface area contributed by atoms with Gasteiger partial charge in [-0.3, -0.25) is 9.05 Å². The van der Waals surface area contributed by atoms with Crippen molar-refractivity contribution >= 4 is 29.4 Å². The molecule has 0 fully saturated rings. The van der Waals surface area contributed by atoms with Crippen LogP contribution in [-0.4, -0.2) is 43.8 Å². The summed E-state index contributed by atoms with van der Waals surface area (Å²) in [7, 11) is 3.07. The van der Waals surface area contributed by atoms with E-state index < -0.39 is 7.82 Å². The fourth-order valence-electron chi connectivity index (χ4n) is 1.73. The maximum atomic E-state index is 11.0. The van der Waals surface area contributed by atoms with Crippen LogP contribution in [0.1, 0.15) is 51.4 Å². The van der Waals surface area contributed by atoms with Crippen molar-refractivity contribution in [2.75, 3.05) is 38.9 Å². The SMILES string of the molecule is COCCCCCCSSCCCCCCOP(=O)(O)OC. The summed E-state index contributed by atoms with van der Waals surface area (Å²) in [6.45, 7) is 1.17. The maximum Gasteiger partial charge on any atom is 0.471 e. The molecule has 0 aliphatic rings. The van der Waals surface area contributed by atoms with Crippen LogP contribution >= 0.6 is 29.4 Å². The molecular weight excluding hydrogens is 343 g/mol. The summed E-state index contributed by atoms with van der Waals surface area (Å²) in [5, 5.41) is 0. The largest absolute Gasteiger partial charge is 0.471 e. The Labute approximate surface area is 143 Å². The Kier molecular flexibility index (Phi) is 17.2. The highest BCUT2D eigenvalue weighted by Gasteiger charge is 2.17. The van der Waals surface area contributed by atoms with Crippen molar-refractivity contribution in [2.45, 2.75) is 51.4 Å². The Morgan fingerprint density at radius 1 is 0.818 bits per heavy atom. The van der Waals surface area contributed by atoms with Gasteiger partial charge in [0.2, 0.25) is 0 Å². The molecule has 5 nitrogen and oxygen atoms in total. The van der Waals surface area contributed by atoms with Gasteiger partial charge >= 0.3 is 7.82 Å². The summed E-state index contributed by atoms with van der Waals surface area (Å²) in [6, 6.07) is 0. The zero-order valence-electron chi connectivity index (χ0n) is 13.8. The number of phosphoric ester groups is 1. The highest BCUT2D eigenvalue weighted by molar-refractivity contribution is 8.76.